The molecule has 0 spiro atoms. The molecule has 4 aliphatic rings. The number of H-pyrrole nitrogens is 1. The first kappa shape index (κ1) is 30.2. The molecule has 5 atom stereocenters. The Morgan fingerprint density at radius 3 is 2.79 bits per heavy atom. The molecule has 9 rings (SSSR count). The number of imidazole rings is 1. The van der Waals surface area contributed by atoms with E-state index in [1.165, 1.54) is 12.1 Å². The Kier molecular flexibility index (Phi) is 7.81. The van der Waals surface area contributed by atoms with E-state index in [4.69, 9.17) is 14.7 Å². The van der Waals surface area contributed by atoms with Crippen molar-refractivity contribution in [2.45, 2.75) is 70.1 Å². The first-order chi connectivity index (χ1) is 22.9. The van der Waals surface area contributed by atoms with Crippen molar-refractivity contribution in [3.05, 3.63) is 53.5 Å². The van der Waals surface area contributed by atoms with Gasteiger partial charge in [0.15, 0.2) is 11.3 Å². The van der Waals surface area contributed by atoms with Gasteiger partial charge in [0.25, 0.3) is 0 Å². The van der Waals surface area contributed by atoms with Crippen LogP contribution in [0.15, 0.2) is 30.5 Å². The fourth-order valence-corrected chi connectivity index (χ4v) is 8.20. The van der Waals surface area contributed by atoms with Crippen molar-refractivity contribution in [3.8, 4) is 23.1 Å². The van der Waals surface area contributed by atoms with Gasteiger partial charge in [-0.05, 0) is 80.3 Å². The topological polar surface area (TPSA) is 104 Å². The van der Waals surface area contributed by atoms with E-state index in [0.717, 1.165) is 43.7 Å². The third-order valence-electron chi connectivity index (χ3n) is 10.5. The van der Waals surface area contributed by atoms with Gasteiger partial charge in [-0.3, -0.25) is 0 Å². The number of nitrogens with one attached hydrogen (secondary N) is 3. The van der Waals surface area contributed by atoms with Crippen LogP contribution in [0.1, 0.15) is 56.5 Å². The largest absolute Gasteiger partial charge is 0.476 e. The number of aryl methyl sites for hydroxylation is 2. The maximum absolute atomic E-state index is 17.3. The molecule has 6 heterocycles. The Balaban J connectivity index is 1.35. The Morgan fingerprint density at radius 2 is 2.00 bits per heavy atom. The molecule has 0 radical (unpaired) electrons. The lowest BCUT2D eigenvalue weighted by Crippen LogP contribution is -2.39. The molecule has 3 aliphatic heterocycles. The zero-order valence-corrected chi connectivity index (χ0v) is 26.4. The summed E-state index contributed by atoms with van der Waals surface area (Å²) in [4.78, 5) is 13.1. The van der Waals surface area contributed by atoms with Gasteiger partial charge in [0, 0.05) is 65.6 Å². The zero-order chi connectivity index (χ0) is 32.2. The number of pyridine rings is 1. The summed E-state index contributed by atoms with van der Waals surface area (Å²) in [5, 5.41) is 17.5. The van der Waals surface area contributed by atoms with Crippen LogP contribution in [0.3, 0.4) is 0 Å². The van der Waals surface area contributed by atoms with E-state index >= 15 is 4.39 Å². The Morgan fingerprint density at radius 1 is 1.11 bits per heavy atom. The minimum absolute atomic E-state index is 0.00561. The van der Waals surface area contributed by atoms with Crippen molar-refractivity contribution in [2.75, 3.05) is 26.2 Å². The summed E-state index contributed by atoms with van der Waals surface area (Å²) in [5.74, 6) is 0.606. The van der Waals surface area contributed by atoms with E-state index in [2.05, 4.69) is 33.2 Å². The minimum atomic E-state index is -0.964. The molecule has 47 heavy (non-hydrogen) atoms. The summed E-state index contributed by atoms with van der Waals surface area (Å²) < 4.78 is 55.1. The van der Waals surface area contributed by atoms with Crippen molar-refractivity contribution >= 4 is 32.8 Å². The molecular weight excluding hydrogens is 603 g/mol. The van der Waals surface area contributed by atoms with Gasteiger partial charge in [-0.25, -0.2) is 23.1 Å². The van der Waals surface area contributed by atoms with Gasteiger partial charge in [0.05, 0.1) is 24.2 Å². The molecule has 2 bridgehead atoms. The second-order valence-corrected chi connectivity index (χ2v) is 13.4. The second kappa shape index (κ2) is 12.1. The highest BCUT2D eigenvalue weighted by molar-refractivity contribution is 6.08. The highest BCUT2D eigenvalue weighted by Crippen LogP contribution is 2.48. The number of rotatable bonds is 8. The highest BCUT2D eigenvalue weighted by atomic mass is 19.1. The third kappa shape index (κ3) is 5.13. The maximum atomic E-state index is 17.3. The van der Waals surface area contributed by atoms with E-state index in [1.807, 2.05) is 6.07 Å². The van der Waals surface area contributed by atoms with Crippen LogP contribution >= 0.6 is 0 Å². The molecule has 5 aromatic rings. The van der Waals surface area contributed by atoms with Crippen LogP contribution in [0, 0.1) is 34.8 Å². The number of hydrogen-bond acceptors (Lipinski definition) is 6. The SMILES string of the molecule is CCc1nc2c(OCC3CCCNC[C@H](F)C3)nc3c(F)c(-c4c[nH]c5ccc(F)cc45)c(CCC#N)cc3c2n1C1C2CNC1C2. The summed E-state index contributed by atoms with van der Waals surface area (Å²) in [7, 11) is 0. The van der Waals surface area contributed by atoms with Crippen LogP contribution in [-0.4, -0.2) is 58.0 Å². The van der Waals surface area contributed by atoms with Crippen molar-refractivity contribution in [2.24, 2.45) is 11.8 Å². The van der Waals surface area contributed by atoms with E-state index in [9.17, 15) is 14.0 Å². The van der Waals surface area contributed by atoms with E-state index in [-0.39, 0.29) is 36.4 Å². The van der Waals surface area contributed by atoms with Gasteiger partial charge in [-0.15, -0.1) is 0 Å². The maximum Gasteiger partial charge on any atom is 0.242 e. The highest BCUT2D eigenvalue weighted by Gasteiger charge is 2.49. The van der Waals surface area contributed by atoms with Gasteiger partial charge < -0.3 is 24.9 Å². The van der Waals surface area contributed by atoms with Crippen molar-refractivity contribution < 1.29 is 17.9 Å². The molecule has 4 unspecified atom stereocenters. The number of nitrogens with zero attached hydrogens (tertiary/aromatic N) is 4. The molecule has 1 saturated carbocycles. The van der Waals surface area contributed by atoms with Crippen LogP contribution in [0.5, 0.6) is 5.88 Å². The summed E-state index contributed by atoms with van der Waals surface area (Å²) in [6, 6.07) is 9.04. The number of aromatic nitrogens is 4. The fourth-order valence-electron chi connectivity index (χ4n) is 8.20. The van der Waals surface area contributed by atoms with E-state index < -0.39 is 17.8 Å². The van der Waals surface area contributed by atoms with E-state index in [1.54, 1.807) is 12.3 Å². The number of alkyl halides is 1. The lowest BCUT2D eigenvalue weighted by molar-refractivity contribution is 0.171. The van der Waals surface area contributed by atoms with Crippen molar-refractivity contribution in [3.63, 3.8) is 0 Å². The molecule has 8 nitrogen and oxygen atoms in total. The van der Waals surface area contributed by atoms with Gasteiger partial charge in [-0.1, -0.05) is 6.92 Å². The second-order valence-electron chi connectivity index (χ2n) is 13.4. The van der Waals surface area contributed by atoms with Gasteiger partial charge in [0.2, 0.25) is 5.88 Å². The molecular formula is C36H38F3N7O. The number of benzene rings is 2. The van der Waals surface area contributed by atoms with Crippen molar-refractivity contribution in [1.29, 1.82) is 5.26 Å². The first-order valence-electron chi connectivity index (χ1n) is 16.9. The average Bonchev–Trinajstić information content (AvgIpc) is 3.85. The molecule has 244 valence electrons. The molecule has 11 heteroatoms. The average molecular weight is 642 g/mol. The smallest absolute Gasteiger partial charge is 0.242 e. The standard InChI is InChI=1S/C36H38F3N7O/c1-2-29-44-33-35(46(29)34-21-13-28(34)42-15-21)25-12-20(6-3-9-40)30(26-17-43-27-8-7-22(37)14-24(26)27)31(39)32(25)45-36(33)47-18-19-5-4-10-41-16-23(38)11-19/h7-8,12,14,17,19,21,23,28,34,41-43H,2-6,10-11,13,15-16,18H2,1H3/t19?,21?,23-,28?,34?/m1/s1. The number of aromatic amines is 1. The fraction of sp³-hybridized carbons (Fsp3) is 0.472. The van der Waals surface area contributed by atoms with Gasteiger partial charge in [-0.2, -0.15) is 5.26 Å². The number of hydrogen-bond donors (Lipinski definition) is 3. The minimum Gasteiger partial charge on any atom is -0.476 e. The van der Waals surface area contributed by atoms with E-state index in [0.29, 0.717) is 76.3 Å². The summed E-state index contributed by atoms with van der Waals surface area (Å²) in [5.41, 5.74) is 3.64. The molecule has 2 aromatic carbocycles. The number of nitriles is 1. The molecule has 3 N–H and O–H groups in total. The lowest BCUT2D eigenvalue weighted by Gasteiger charge is -2.37. The van der Waals surface area contributed by atoms with Crippen LogP contribution < -0.4 is 15.4 Å². The van der Waals surface area contributed by atoms with Gasteiger partial charge in [0.1, 0.15) is 23.3 Å². The molecule has 4 fully saturated rings. The van der Waals surface area contributed by atoms with Crippen LogP contribution in [0.2, 0.25) is 0 Å². The predicted molar refractivity (Wildman–Crippen MR) is 175 cm³/mol. The first-order valence-corrected chi connectivity index (χ1v) is 16.9. The number of fused-ring (bicyclic) bond motifs is 5. The summed E-state index contributed by atoms with van der Waals surface area (Å²) in [6.07, 6.45) is 5.10. The quantitative estimate of drug-likeness (QED) is 0.175. The molecule has 0 amide bonds. The van der Waals surface area contributed by atoms with Crippen LogP contribution in [0.25, 0.3) is 44.0 Å². The normalized spacial score (nSPS) is 24.4. The van der Waals surface area contributed by atoms with Crippen LogP contribution in [0.4, 0.5) is 13.2 Å². The van der Waals surface area contributed by atoms with Crippen LogP contribution in [-0.2, 0) is 12.8 Å². The Bertz CT molecular complexity index is 2020. The summed E-state index contributed by atoms with van der Waals surface area (Å²) >= 11 is 0. The molecule has 3 saturated heterocycles. The summed E-state index contributed by atoms with van der Waals surface area (Å²) in [6.45, 7) is 4.34. The predicted octanol–water partition coefficient (Wildman–Crippen LogP) is 6.67. The number of halogens is 3. The monoisotopic (exact) mass is 641 g/mol. The van der Waals surface area contributed by atoms with Gasteiger partial charge >= 0.3 is 0 Å². The number of ether oxygens (including phenoxy) is 1. The molecule has 1 aliphatic carbocycles. The zero-order valence-electron chi connectivity index (χ0n) is 26.4. The molecule has 3 aromatic heterocycles. The van der Waals surface area contributed by atoms with Crippen molar-refractivity contribution in [1.82, 2.24) is 30.2 Å². The third-order valence-corrected chi connectivity index (χ3v) is 10.5. The lowest BCUT2D eigenvalue weighted by atomic mass is 9.79. The Hall–Kier alpha value is -4.14. The Labute approximate surface area is 270 Å².